The van der Waals surface area contributed by atoms with Gasteiger partial charge in [-0.3, -0.25) is 14.9 Å². The van der Waals surface area contributed by atoms with Gasteiger partial charge in [-0.25, -0.2) is 4.98 Å². The molecule has 1 aromatic heterocycles. The molecule has 0 unspecified atom stereocenters. The molecule has 1 N–H and O–H groups in total. The summed E-state index contributed by atoms with van der Waals surface area (Å²) >= 11 is 0. The maximum absolute atomic E-state index is 11.0. The maximum Gasteiger partial charge on any atom is 0.305 e. The van der Waals surface area contributed by atoms with Crippen LogP contribution in [-0.2, 0) is 17.8 Å². The Bertz CT molecular complexity index is 636. The van der Waals surface area contributed by atoms with Crippen molar-refractivity contribution in [3.8, 4) is 0 Å². The van der Waals surface area contributed by atoms with E-state index in [1.54, 1.807) is 35.2 Å². The second-order valence-electron chi connectivity index (χ2n) is 4.24. The van der Waals surface area contributed by atoms with Gasteiger partial charge in [0.2, 0.25) is 0 Å². The van der Waals surface area contributed by atoms with E-state index in [4.69, 9.17) is 5.11 Å². The summed E-state index contributed by atoms with van der Waals surface area (Å²) in [4.78, 5) is 25.2. The zero-order valence-electron chi connectivity index (χ0n) is 10.6. The molecule has 0 spiro atoms. The number of aromatic nitrogens is 2. The molecule has 0 saturated heterocycles. The molecule has 0 bridgehead atoms. The van der Waals surface area contributed by atoms with Crippen molar-refractivity contribution in [2.24, 2.45) is 0 Å². The number of benzene rings is 1. The Morgan fingerprint density at radius 3 is 2.85 bits per heavy atom. The molecule has 20 heavy (non-hydrogen) atoms. The minimum Gasteiger partial charge on any atom is -0.481 e. The summed E-state index contributed by atoms with van der Waals surface area (Å²) in [6, 6.07) is 6.46. The Kier molecular flexibility index (Phi) is 4.09. The molecule has 7 heteroatoms. The quantitative estimate of drug-likeness (QED) is 0.640. The Labute approximate surface area is 114 Å². The van der Waals surface area contributed by atoms with Crippen molar-refractivity contribution >= 4 is 11.7 Å². The van der Waals surface area contributed by atoms with Crippen LogP contribution in [0.2, 0.25) is 0 Å². The predicted octanol–water partition coefficient (Wildman–Crippen LogP) is 1.86. The second kappa shape index (κ2) is 5.96. The third kappa shape index (κ3) is 3.19. The highest BCUT2D eigenvalue weighted by Gasteiger charge is 2.15. The highest BCUT2D eigenvalue weighted by molar-refractivity contribution is 5.66. The maximum atomic E-state index is 11.0. The van der Waals surface area contributed by atoms with Gasteiger partial charge in [-0.15, -0.1) is 0 Å². The van der Waals surface area contributed by atoms with Gasteiger partial charge in [0.25, 0.3) is 5.69 Å². The van der Waals surface area contributed by atoms with E-state index in [0.29, 0.717) is 24.4 Å². The molecule has 0 amide bonds. The smallest absolute Gasteiger partial charge is 0.305 e. The standard InChI is InChI=1S/C13H13N3O4/c17-13(18)5-7-15-8-6-14-12(15)9-10-3-1-2-4-11(10)16(19)20/h1-4,6,8H,5,7,9H2,(H,17,18). The number of nitrogens with zero attached hydrogens (tertiary/aromatic N) is 3. The Morgan fingerprint density at radius 2 is 2.15 bits per heavy atom. The average Bonchev–Trinajstić information content (AvgIpc) is 2.84. The average molecular weight is 275 g/mol. The van der Waals surface area contributed by atoms with Crippen LogP contribution in [0.25, 0.3) is 0 Å². The van der Waals surface area contributed by atoms with E-state index in [1.807, 2.05) is 0 Å². The SMILES string of the molecule is O=C(O)CCn1ccnc1Cc1ccccc1[N+](=O)[O-]. The molecule has 0 atom stereocenters. The summed E-state index contributed by atoms with van der Waals surface area (Å²) in [6.07, 6.45) is 3.52. The fourth-order valence-electron chi connectivity index (χ4n) is 1.94. The Morgan fingerprint density at radius 1 is 1.40 bits per heavy atom. The molecule has 0 radical (unpaired) electrons. The number of aliphatic carboxylic acids is 1. The first kappa shape index (κ1) is 13.7. The normalized spacial score (nSPS) is 10.4. The number of carboxylic acid groups (broad SMARTS) is 1. The summed E-state index contributed by atoms with van der Waals surface area (Å²) < 4.78 is 1.70. The number of hydrogen-bond donors (Lipinski definition) is 1. The van der Waals surface area contributed by atoms with Gasteiger partial charge in [0.1, 0.15) is 5.82 Å². The van der Waals surface area contributed by atoms with Crippen molar-refractivity contribution in [1.82, 2.24) is 9.55 Å². The van der Waals surface area contributed by atoms with Crippen molar-refractivity contribution < 1.29 is 14.8 Å². The number of para-hydroxylation sites is 1. The Hall–Kier alpha value is -2.70. The molecule has 0 aliphatic heterocycles. The molecule has 0 fully saturated rings. The number of carbonyl (C=O) groups is 1. The predicted molar refractivity (Wildman–Crippen MR) is 70.4 cm³/mol. The van der Waals surface area contributed by atoms with Crippen LogP contribution in [0.3, 0.4) is 0 Å². The fraction of sp³-hybridized carbons (Fsp3) is 0.231. The number of hydrogen-bond acceptors (Lipinski definition) is 4. The van der Waals surface area contributed by atoms with Crippen LogP contribution in [0.4, 0.5) is 5.69 Å². The van der Waals surface area contributed by atoms with E-state index in [9.17, 15) is 14.9 Å². The highest BCUT2D eigenvalue weighted by Crippen LogP contribution is 2.20. The topological polar surface area (TPSA) is 98.3 Å². The van der Waals surface area contributed by atoms with Gasteiger partial charge < -0.3 is 9.67 Å². The molecular formula is C13H13N3O4. The monoisotopic (exact) mass is 275 g/mol. The minimum absolute atomic E-state index is 0.0136. The van der Waals surface area contributed by atoms with Gasteiger partial charge in [-0.1, -0.05) is 18.2 Å². The molecular weight excluding hydrogens is 262 g/mol. The molecule has 0 aliphatic carbocycles. The first-order chi connectivity index (χ1) is 9.58. The minimum atomic E-state index is -0.893. The summed E-state index contributed by atoms with van der Waals surface area (Å²) in [5.41, 5.74) is 0.598. The van der Waals surface area contributed by atoms with Crippen LogP contribution >= 0.6 is 0 Å². The van der Waals surface area contributed by atoms with Gasteiger partial charge in [-0.05, 0) is 0 Å². The van der Waals surface area contributed by atoms with E-state index >= 15 is 0 Å². The number of rotatable bonds is 6. The van der Waals surface area contributed by atoms with E-state index in [-0.39, 0.29) is 12.1 Å². The number of nitro groups is 1. The highest BCUT2D eigenvalue weighted by atomic mass is 16.6. The fourth-order valence-corrected chi connectivity index (χ4v) is 1.94. The van der Waals surface area contributed by atoms with Crippen LogP contribution in [0.15, 0.2) is 36.7 Å². The summed E-state index contributed by atoms with van der Waals surface area (Å²) in [5, 5.41) is 19.6. The van der Waals surface area contributed by atoms with Crippen LogP contribution in [0, 0.1) is 10.1 Å². The van der Waals surface area contributed by atoms with Gasteiger partial charge in [0.15, 0.2) is 0 Å². The van der Waals surface area contributed by atoms with Crippen LogP contribution in [0.5, 0.6) is 0 Å². The molecule has 0 aliphatic rings. The van der Waals surface area contributed by atoms with E-state index in [1.165, 1.54) is 6.07 Å². The number of nitro benzene ring substituents is 1. The lowest BCUT2D eigenvalue weighted by Gasteiger charge is -2.06. The van der Waals surface area contributed by atoms with E-state index < -0.39 is 10.9 Å². The summed E-state index contributed by atoms with van der Waals surface area (Å²) in [6.45, 7) is 0.297. The van der Waals surface area contributed by atoms with Gasteiger partial charge in [0, 0.05) is 37.0 Å². The van der Waals surface area contributed by atoms with Crippen LogP contribution in [0.1, 0.15) is 17.8 Å². The first-order valence-electron chi connectivity index (χ1n) is 6.02. The van der Waals surface area contributed by atoms with Gasteiger partial charge >= 0.3 is 5.97 Å². The lowest BCUT2D eigenvalue weighted by Crippen LogP contribution is -2.08. The zero-order chi connectivity index (χ0) is 14.5. The molecule has 104 valence electrons. The summed E-state index contributed by atoms with van der Waals surface area (Å²) in [7, 11) is 0. The largest absolute Gasteiger partial charge is 0.481 e. The van der Waals surface area contributed by atoms with Crippen molar-refractivity contribution in [1.29, 1.82) is 0 Å². The molecule has 2 rings (SSSR count). The zero-order valence-corrected chi connectivity index (χ0v) is 10.6. The van der Waals surface area contributed by atoms with Crippen molar-refractivity contribution in [2.75, 3.05) is 0 Å². The van der Waals surface area contributed by atoms with E-state index in [2.05, 4.69) is 4.98 Å². The van der Waals surface area contributed by atoms with Gasteiger partial charge in [0.05, 0.1) is 11.3 Å². The molecule has 0 saturated carbocycles. The molecule has 1 aromatic carbocycles. The lowest BCUT2D eigenvalue weighted by atomic mass is 10.1. The van der Waals surface area contributed by atoms with Crippen molar-refractivity contribution in [3.63, 3.8) is 0 Å². The third-order valence-electron chi connectivity index (χ3n) is 2.91. The third-order valence-corrected chi connectivity index (χ3v) is 2.91. The molecule has 2 aromatic rings. The first-order valence-corrected chi connectivity index (χ1v) is 6.02. The summed E-state index contributed by atoms with van der Waals surface area (Å²) in [5.74, 6) is -0.282. The lowest BCUT2D eigenvalue weighted by molar-refractivity contribution is -0.385. The molecule has 1 heterocycles. The van der Waals surface area contributed by atoms with Gasteiger partial charge in [-0.2, -0.15) is 0 Å². The number of carboxylic acids is 1. The van der Waals surface area contributed by atoms with Crippen LogP contribution < -0.4 is 0 Å². The van der Waals surface area contributed by atoms with Crippen molar-refractivity contribution in [2.45, 2.75) is 19.4 Å². The number of aryl methyl sites for hydroxylation is 1. The second-order valence-corrected chi connectivity index (χ2v) is 4.24. The Balaban J connectivity index is 2.21. The van der Waals surface area contributed by atoms with Crippen LogP contribution in [-0.4, -0.2) is 25.6 Å². The van der Waals surface area contributed by atoms with E-state index in [0.717, 1.165) is 0 Å². The molecule has 7 nitrogen and oxygen atoms in total. The van der Waals surface area contributed by atoms with Crippen molar-refractivity contribution in [3.05, 3.63) is 58.2 Å². The number of imidazole rings is 1.